The summed E-state index contributed by atoms with van der Waals surface area (Å²) in [4.78, 5) is 23.5. The number of aromatic nitrogens is 2. The molecule has 0 radical (unpaired) electrons. The molecule has 9 heteroatoms. The summed E-state index contributed by atoms with van der Waals surface area (Å²) in [5, 5.41) is 2.24. The van der Waals surface area contributed by atoms with Crippen LogP contribution in [0.2, 0.25) is 0 Å². The molecule has 3 aromatic rings. The molecule has 2 aromatic heterocycles. The summed E-state index contributed by atoms with van der Waals surface area (Å²) in [5.74, 6) is 0.438. The summed E-state index contributed by atoms with van der Waals surface area (Å²) in [6.07, 6.45) is 1.16. The lowest BCUT2D eigenvalue weighted by Gasteiger charge is -2.06. The average Bonchev–Trinajstić information content (AvgIpc) is 3.13. The van der Waals surface area contributed by atoms with Crippen molar-refractivity contribution in [1.82, 2.24) is 9.97 Å². The molecule has 1 N–H and O–H groups in total. The molecular formula is C17H13N3O3S3. The molecule has 0 aliphatic heterocycles. The molecule has 2 heterocycles. The fourth-order valence-corrected chi connectivity index (χ4v) is 4.43. The number of nitrogens with one attached hydrogen (secondary N) is 1. The predicted molar refractivity (Wildman–Crippen MR) is 104 cm³/mol. The van der Waals surface area contributed by atoms with E-state index < -0.39 is 15.4 Å². The molecule has 0 unspecified atom stereocenters. The van der Waals surface area contributed by atoms with E-state index in [1.54, 1.807) is 18.2 Å². The monoisotopic (exact) mass is 403 g/mol. The second kappa shape index (κ2) is 7.45. The van der Waals surface area contributed by atoms with Crippen molar-refractivity contribution in [3.63, 3.8) is 0 Å². The van der Waals surface area contributed by atoms with E-state index in [-0.39, 0.29) is 10.6 Å². The topological polar surface area (TPSA) is 84.2 Å². The third kappa shape index (κ3) is 4.04. The fraction of sp³-hybridized carbons (Fsp3) is 0.118. The molecule has 6 nitrogen and oxygen atoms in total. The molecule has 3 rings (SSSR count). The summed E-state index contributed by atoms with van der Waals surface area (Å²) in [6, 6.07) is 10.3. The predicted octanol–water partition coefficient (Wildman–Crippen LogP) is 3.74. The molecule has 0 atom stereocenters. The quantitative estimate of drug-likeness (QED) is 0.398. The first-order valence-electron chi connectivity index (χ1n) is 7.36. The van der Waals surface area contributed by atoms with Crippen LogP contribution in [-0.4, -0.2) is 24.6 Å². The molecule has 0 fully saturated rings. The number of thioether (sulfide) groups is 1. The number of thiophene rings is 1. The van der Waals surface area contributed by atoms with Crippen molar-refractivity contribution in [1.29, 1.82) is 0 Å². The van der Waals surface area contributed by atoms with E-state index >= 15 is 0 Å². The first-order valence-corrected chi connectivity index (χ1v) is 11.1. The zero-order chi connectivity index (χ0) is 18.7. The lowest BCUT2D eigenvalue weighted by molar-refractivity contribution is 0.602. The Labute approximate surface area is 158 Å². The fourth-order valence-electron chi connectivity index (χ4n) is 2.22. The van der Waals surface area contributed by atoms with E-state index in [2.05, 4.69) is 14.8 Å². The van der Waals surface area contributed by atoms with Gasteiger partial charge in [0.1, 0.15) is 0 Å². The summed E-state index contributed by atoms with van der Waals surface area (Å²) in [6.45, 7) is 7.22. The van der Waals surface area contributed by atoms with Crippen molar-refractivity contribution < 1.29 is 8.42 Å². The van der Waals surface area contributed by atoms with E-state index in [0.717, 1.165) is 16.7 Å². The highest BCUT2D eigenvalue weighted by atomic mass is 32.2. The van der Waals surface area contributed by atoms with Crippen LogP contribution in [0.15, 0.2) is 56.6 Å². The SMILES string of the molecule is [C-]#[N+]c1c(-c2cccs2)nc(SCc2cccc(S(C)(=O)=O)c2)[nH]c1=O. The van der Waals surface area contributed by atoms with E-state index in [9.17, 15) is 13.2 Å². The van der Waals surface area contributed by atoms with Crippen LogP contribution in [-0.2, 0) is 15.6 Å². The van der Waals surface area contributed by atoms with Crippen molar-refractivity contribution in [3.8, 4) is 10.6 Å². The molecule has 0 aliphatic carbocycles. The third-order valence-corrected chi connectivity index (χ3v) is 6.37. The maximum Gasteiger partial charge on any atom is 0.276 e. The van der Waals surface area contributed by atoms with Gasteiger partial charge in [-0.1, -0.05) is 30.0 Å². The second-order valence-electron chi connectivity index (χ2n) is 5.37. The molecule has 0 saturated heterocycles. The van der Waals surface area contributed by atoms with Gasteiger partial charge in [-0.2, -0.15) is 0 Å². The molecule has 0 aliphatic rings. The van der Waals surface area contributed by atoms with Gasteiger partial charge in [0.15, 0.2) is 15.0 Å². The number of hydrogen-bond acceptors (Lipinski definition) is 6. The van der Waals surface area contributed by atoms with Gasteiger partial charge in [-0.15, -0.1) is 11.3 Å². The summed E-state index contributed by atoms with van der Waals surface area (Å²) >= 11 is 2.69. The van der Waals surface area contributed by atoms with Gasteiger partial charge in [-0.3, -0.25) is 4.79 Å². The van der Waals surface area contributed by atoms with Gasteiger partial charge in [0.25, 0.3) is 11.2 Å². The molecule has 132 valence electrons. The number of hydrogen-bond donors (Lipinski definition) is 1. The molecule has 0 spiro atoms. The maximum atomic E-state index is 12.2. The maximum absolute atomic E-state index is 12.2. The highest BCUT2D eigenvalue weighted by Gasteiger charge is 2.15. The van der Waals surface area contributed by atoms with Crippen LogP contribution in [0.3, 0.4) is 0 Å². The largest absolute Gasteiger partial charge is 0.311 e. The number of benzene rings is 1. The Morgan fingerprint density at radius 2 is 2.12 bits per heavy atom. The zero-order valence-corrected chi connectivity index (χ0v) is 16.0. The van der Waals surface area contributed by atoms with Crippen LogP contribution in [0.1, 0.15) is 5.56 Å². The van der Waals surface area contributed by atoms with Crippen LogP contribution in [0.5, 0.6) is 0 Å². The van der Waals surface area contributed by atoms with Gasteiger partial charge in [-0.05, 0) is 29.1 Å². The summed E-state index contributed by atoms with van der Waals surface area (Å²) in [7, 11) is -3.27. The van der Waals surface area contributed by atoms with Crippen LogP contribution >= 0.6 is 23.1 Å². The van der Waals surface area contributed by atoms with Gasteiger partial charge in [-0.25, -0.2) is 18.2 Å². The Morgan fingerprint density at radius 3 is 2.77 bits per heavy atom. The Kier molecular flexibility index (Phi) is 5.27. The Bertz CT molecular complexity index is 1140. The van der Waals surface area contributed by atoms with Crippen LogP contribution in [0, 0.1) is 6.57 Å². The summed E-state index contributed by atoms with van der Waals surface area (Å²) < 4.78 is 23.3. The standard InChI is InChI=1S/C17H13N3O3S3/c1-18-15-14(13-7-4-8-24-13)19-17(20-16(15)21)25-10-11-5-3-6-12(9-11)26(2,22)23/h3-9H,10H2,2H3,(H,19,20,21). The normalized spacial score (nSPS) is 11.2. The van der Waals surface area contributed by atoms with Crippen molar-refractivity contribution in [2.75, 3.05) is 6.26 Å². The minimum absolute atomic E-state index is 0.0316. The zero-order valence-electron chi connectivity index (χ0n) is 13.6. The smallest absolute Gasteiger partial charge is 0.276 e. The Morgan fingerprint density at radius 1 is 1.31 bits per heavy atom. The van der Waals surface area contributed by atoms with E-state index in [1.807, 2.05) is 23.6 Å². The first kappa shape index (κ1) is 18.4. The molecule has 1 aromatic carbocycles. The lowest BCUT2D eigenvalue weighted by Crippen LogP contribution is -2.09. The van der Waals surface area contributed by atoms with Crippen molar-refractivity contribution in [3.05, 3.63) is 69.1 Å². The minimum Gasteiger partial charge on any atom is -0.311 e. The van der Waals surface area contributed by atoms with Gasteiger partial charge in [0, 0.05) is 16.9 Å². The number of nitrogens with zero attached hydrogens (tertiary/aromatic N) is 2. The van der Waals surface area contributed by atoms with Crippen molar-refractivity contribution in [2.24, 2.45) is 0 Å². The molecule has 0 bridgehead atoms. The Balaban J connectivity index is 1.90. The van der Waals surface area contributed by atoms with Crippen molar-refractivity contribution >= 4 is 38.6 Å². The van der Waals surface area contributed by atoms with E-state index in [0.29, 0.717) is 16.6 Å². The van der Waals surface area contributed by atoms with Gasteiger partial charge >= 0.3 is 0 Å². The molecular weight excluding hydrogens is 390 g/mol. The van der Waals surface area contributed by atoms with Gasteiger partial charge < -0.3 is 4.98 Å². The number of H-pyrrole nitrogens is 1. The molecule has 26 heavy (non-hydrogen) atoms. The van der Waals surface area contributed by atoms with Gasteiger partial charge in [0.2, 0.25) is 0 Å². The van der Waals surface area contributed by atoms with Gasteiger partial charge in [0.05, 0.1) is 17.2 Å². The average molecular weight is 404 g/mol. The van der Waals surface area contributed by atoms with Crippen molar-refractivity contribution in [2.45, 2.75) is 15.8 Å². The highest BCUT2D eigenvalue weighted by molar-refractivity contribution is 7.98. The van der Waals surface area contributed by atoms with Crippen LogP contribution in [0.4, 0.5) is 5.69 Å². The minimum atomic E-state index is -3.27. The van der Waals surface area contributed by atoms with Crippen LogP contribution < -0.4 is 5.56 Å². The number of aromatic amines is 1. The number of sulfone groups is 1. The first-order chi connectivity index (χ1) is 12.4. The third-order valence-electron chi connectivity index (χ3n) is 3.44. The lowest BCUT2D eigenvalue weighted by atomic mass is 10.2. The van der Waals surface area contributed by atoms with E-state index in [1.165, 1.54) is 23.1 Å². The Hall–Kier alpha value is -2.41. The molecule has 0 saturated carbocycles. The molecule has 0 amide bonds. The number of rotatable bonds is 5. The van der Waals surface area contributed by atoms with E-state index in [4.69, 9.17) is 6.57 Å². The van der Waals surface area contributed by atoms with Crippen LogP contribution in [0.25, 0.3) is 15.4 Å². The summed E-state index contributed by atoms with van der Waals surface area (Å²) in [5.41, 5.74) is 0.653. The highest BCUT2D eigenvalue weighted by Crippen LogP contribution is 2.31. The second-order valence-corrected chi connectivity index (χ2v) is 9.29.